The SMILES string of the molecule is O=P(OCCCl)(OCCCl)C1CC2c3ccccc3C1c1ccccc12. The molecule has 2 bridgehead atoms. The van der Waals surface area contributed by atoms with Crippen molar-refractivity contribution < 1.29 is 13.6 Å². The van der Waals surface area contributed by atoms with Crippen LogP contribution in [-0.2, 0) is 13.6 Å². The average molecular weight is 411 g/mol. The molecule has 3 aliphatic rings. The van der Waals surface area contributed by atoms with Crippen LogP contribution < -0.4 is 0 Å². The quantitative estimate of drug-likeness (QED) is 0.431. The first-order valence-corrected chi connectivity index (χ1v) is 11.6. The summed E-state index contributed by atoms with van der Waals surface area (Å²) in [4.78, 5) is 0. The minimum Gasteiger partial charge on any atom is -0.307 e. The Morgan fingerprint density at radius 2 is 1.31 bits per heavy atom. The van der Waals surface area contributed by atoms with Crippen molar-refractivity contribution >= 4 is 30.8 Å². The van der Waals surface area contributed by atoms with Crippen LogP contribution in [0.25, 0.3) is 0 Å². The highest BCUT2D eigenvalue weighted by atomic mass is 35.5. The molecule has 1 unspecified atom stereocenters. The monoisotopic (exact) mass is 410 g/mol. The van der Waals surface area contributed by atoms with Crippen molar-refractivity contribution in [1.82, 2.24) is 0 Å². The minimum absolute atomic E-state index is 0.00360. The van der Waals surface area contributed by atoms with E-state index in [0.717, 1.165) is 6.42 Å². The van der Waals surface area contributed by atoms with Gasteiger partial charge in [-0.05, 0) is 28.7 Å². The molecule has 0 spiro atoms. The maximum atomic E-state index is 13.7. The second kappa shape index (κ2) is 7.66. The molecule has 6 heteroatoms. The van der Waals surface area contributed by atoms with Gasteiger partial charge in [0, 0.05) is 23.6 Å². The van der Waals surface area contributed by atoms with Crippen molar-refractivity contribution in [3.63, 3.8) is 0 Å². The molecule has 0 heterocycles. The normalized spacial score (nSPS) is 23.5. The predicted octanol–water partition coefficient (Wildman–Crippen LogP) is 5.74. The van der Waals surface area contributed by atoms with E-state index >= 15 is 0 Å². The molecule has 0 amide bonds. The Morgan fingerprint density at radius 1 is 0.846 bits per heavy atom. The van der Waals surface area contributed by atoms with E-state index in [1.54, 1.807) is 0 Å². The molecule has 0 saturated carbocycles. The van der Waals surface area contributed by atoms with Crippen molar-refractivity contribution in [3.05, 3.63) is 70.8 Å². The summed E-state index contributed by atoms with van der Waals surface area (Å²) in [6, 6.07) is 16.9. The van der Waals surface area contributed by atoms with Crippen molar-refractivity contribution in [3.8, 4) is 0 Å². The Bertz CT molecular complexity index is 782. The molecule has 5 rings (SSSR count). The lowest BCUT2D eigenvalue weighted by atomic mass is 9.63. The van der Waals surface area contributed by atoms with E-state index in [4.69, 9.17) is 32.2 Å². The molecule has 138 valence electrons. The van der Waals surface area contributed by atoms with Gasteiger partial charge in [0.2, 0.25) is 0 Å². The van der Waals surface area contributed by atoms with Crippen LogP contribution in [0.1, 0.15) is 40.5 Å². The molecule has 1 atom stereocenters. The Hall–Kier alpha value is -0.830. The number of hydrogen-bond acceptors (Lipinski definition) is 3. The summed E-state index contributed by atoms with van der Waals surface area (Å²) in [5, 5.41) is 0. The van der Waals surface area contributed by atoms with E-state index < -0.39 is 7.60 Å². The van der Waals surface area contributed by atoms with E-state index in [-0.39, 0.29) is 42.5 Å². The van der Waals surface area contributed by atoms with Crippen molar-refractivity contribution in [2.24, 2.45) is 0 Å². The molecule has 2 aromatic rings. The lowest BCUT2D eigenvalue weighted by molar-refractivity contribution is 0.206. The number of fused-ring (bicyclic) bond motifs is 1. The van der Waals surface area contributed by atoms with Crippen LogP contribution in [0.4, 0.5) is 0 Å². The summed E-state index contributed by atoms with van der Waals surface area (Å²) >= 11 is 11.6. The van der Waals surface area contributed by atoms with E-state index in [1.165, 1.54) is 22.3 Å². The highest BCUT2D eigenvalue weighted by Gasteiger charge is 2.52. The van der Waals surface area contributed by atoms with Gasteiger partial charge in [0.15, 0.2) is 0 Å². The second-order valence-electron chi connectivity index (χ2n) is 6.68. The molecular weight excluding hydrogens is 390 g/mol. The molecule has 3 aliphatic carbocycles. The Kier molecular flexibility index (Phi) is 5.46. The number of alkyl halides is 2. The smallest absolute Gasteiger partial charge is 0.307 e. The molecule has 2 aromatic carbocycles. The molecule has 0 radical (unpaired) electrons. The van der Waals surface area contributed by atoms with Gasteiger partial charge in [-0.2, -0.15) is 0 Å². The van der Waals surface area contributed by atoms with Gasteiger partial charge in [-0.1, -0.05) is 48.5 Å². The van der Waals surface area contributed by atoms with Gasteiger partial charge in [0.1, 0.15) is 0 Å². The minimum atomic E-state index is -3.35. The summed E-state index contributed by atoms with van der Waals surface area (Å²) in [5.74, 6) is 0.776. The highest BCUT2D eigenvalue weighted by Crippen LogP contribution is 2.67. The predicted molar refractivity (Wildman–Crippen MR) is 106 cm³/mol. The van der Waals surface area contributed by atoms with Gasteiger partial charge in [0.05, 0.1) is 18.9 Å². The highest BCUT2D eigenvalue weighted by molar-refractivity contribution is 7.54. The molecular formula is C20H21Cl2O3P. The van der Waals surface area contributed by atoms with Gasteiger partial charge in [-0.15, -0.1) is 23.2 Å². The van der Waals surface area contributed by atoms with E-state index in [2.05, 4.69) is 36.4 Å². The number of rotatable bonds is 7. The largest absolute Gasteiger partial charge is 0.334 e. The van der Waals surface area contributed by atoms with Gasteiger partial charge in [0.25, 0.3) is 0 Å². The lowest BCUT2D eigenvalue weighted by Gasteiger charge is -2.46. The Balaban J connectivity index is 1.81. The van der Waals surface area contributed by atoms with Crippen LogP contribution in [0.5, 0.6) is 0 Å². The molecule has 3 nitrogen and oxygen atoms in total. The van der Waals surface area contributed by atoms with Crippen molar-refractivity contribution in [1.29, 1.82) is 0 Å². The fraction of sp³-hybridized carbons (Fsp3) is 0.400. The molecule has 0 fully saturated rings. The van der Waals surface area contributed by atoms with Crippen LogP contribution in [0.3, 0.4) is 0 Å². The van der Waals surface area contributed by atoms with E-state index in [9.17, 15) is 4.57 Å². The standard InChI is InChI=1S/C20H21Cl2O3P/c21-9-11-24-26(23,25-12-10-22)19-13-18-14-5-1-3-7-16(14)20(19)17-8-4-2-6-15(17)18/h1-8,18-20H,9-13H2. The van der Waals surface area contributed by atoms with Crippen molar-refractivity contribution in [2.75, 3.05) is 25.0 Å². The maximum Gasteiger partial charge on any atom is 0.334 e. The van der Waals surface area contributed by atoms with Crippen LogP contribution in [0.15, 0.2) is 48.5 Å². The maximum absolute atomic E-state index is 13.7. The summed E-state index contributed by atoms with van der Waals surface area (Å²) in [7, 11) is -3.35. The van der Waals surface area contributed by atoms with E-state index in [0.29, 0.717) is 0 Å². The summed E-state index contributed by atoms with van der Waals surface area (Å²) < 4.78 is 25.2. The molecule has 26 heavy (non-hydrogen) atoms. The first-order valence-electron chi connectivity index (χ1n) is 8.88. The third-order valence-electron chi connectivity index (χ3n) is 5.38. The van der Waals surface area contributed by atoms with E-state index in [1.807, 2.05) is 12.1 Å². The second-order valence-corrected chi connectivity index (χ2v) is 9.69. The van der Waals surface area contributed by atoms with Gasteiger partial charge < -0.3 is 9.05 Å². The summed E-state index contributed by atoms with van der Waals surface area (Å²) in [5.41, 5.74) is 4.90. The number of halogens is 2. The first-order chi connectivity index (χ1) is 12.7. The molecule has 0 aromatic heterocycles. The van der Waals surface area contributed by atoms with Gasteiger partial charge in [-0.25, -0.2) is 0 Å². The zero-order valence-electron chi connectivity index (χ0n) is 14.3. The summed E-state index contributed by atoms with van der Waals surface area (Å²) in [6.45, 7) is 0.413. The van der Waals surface area contributed by atoms with Gasteiger partial charge >= 0.3 is 7.60 Å². The zero-order valence-corrected chi connectivity index (χ0v) is 16.7. The molecule has 0 saturated heterocycles. The van der Waals surface area contributed by atoms with Crippen LogP contribution in [-0.4, -0.2) is 30.6 Å². The fourth-order valence-corrected chi connectivity index (χ4v) is 7.14. The van der Waals surface area contributed by atoms with Crippen LogP contribution >= 0.6 is 30.8 Å². The average Bonchev–Trinajstić information content (AvgIpc) is 2.70. The number of hydrogen-bond donors (Lipinski definition) is 0. The lowest BCUT2D eigenvalue weighted by Crippen LogP contribution is -2.36. The van der Waals surface area contributed by atoms with Crippen molar-refractivity contribution in [2.45, 2.75) is 23.9 Å². The third-order valence-corrected chi connectivity index (χ3v) is 8.09. The Morgan fingerprint density at radius 3 is 1.77 bits per heavy atom. The first kappa shape index (κ1) is 18.5. The van der Waals surface area contributed by atoms with Gasteiger partial charge in [-0.3, -0.25) is 4.57 Å². The zero-order chi connectivity index (χ0) is 18.1. The summed E-state index contributed by atoms with van der Waals surface area (Å²) in [6.07, 6.45) is 0.751. The Labute approximate surface area is 164 Å². The topological polar surface area (TPSA) is 35.5 Å². The fourth-order valence-electron chi connectivity index (χ4n) is 4.47. The molecule has 0 aliphatic heterocycles. The molecule has 0 N–H and O–H groups in total. The van der Waals surface area contributed by atoms with Crippen LogP contribution in [0.2, 0.25) is 0 Å². The number of benzene rings is 2. The van der Waals surface area contributed by atoms with Crippen LogP contribution in [0, 0.1) is 0 Å². The third kappa shape index (κ3) is 3.04.